The number of benzene rings is 2. The summed E-state index contributed by atoms with van der Waals surface area (Å²) in [5.74, 6) is 0.651. The Labute approximate surface area is 120 Å². The molecule has 0 fully saturated rings. The van der Waals surface area contributed by atoms with Gasteiger partial charge in [0.2, 0.25) is 0 Å². The van der Waals surface area contributed by atoms with Gasteiger partial charge in [0, 0.05) is 14.8 Å². The van der Waals surface area contributed by atoms with Crippen molar-refractivity contribution in [2.45, 2.75) is 9.79 Å². The summed E-state index contributed by atoms with van der Waals surface area (Å²) in [6.07, 6.45) is 0. The number of nitrogens with two attached hydrogens (primary N) is 1. The first-order valence-electron chi connectivity index (χ1n) is 5.16. The van der Waals surface area contributed by atoms with Crippen LogP contribution in [0.25, 0.3) is 0 Å². The van der Waals surface area contributed by atoms with Crippen LogP contribution >= 0.6 is 35.0 Å². The summed E-state index contributed by atoms with van der Waals surface area (Å²) < 4.78 is 5.18. The maximum atomic E-state index is 6.12. The first-order chi connectivity index (χ1) is 8.60. The Bertz CT molecular complexity index is 575. The Morgan fingerprint density at radius 2 is 1.89 bits per heavy atom. The van der Waals surface area contributed by atoms with Gasteiger partial charge in [-0.2, -0.15) is 0 Å². The lowest BCUT2D eigenvalue weighted by molar-refractivity contribution is 0.416. The zero-order valence-corrected chi connectivity index (χ0v) is 11.9. The molecule has 2 nitrogen and oxygen atoms in total. The Morgan fingerprint density at radius 1 is 1.11 bits per heavy atom. The van der Waals surface area contributed by atoms with E-state index in [0.717, 1.165) is 9.79 Å². The van der Waals surface area contributed by atoms with Crippen molar-refractivity contribution in [2.24, 2.45) is 0 Å². The highest BCUT2D eigenvalue weighted by atomic mass is 35.5. The molecule has 18 heavy (non-hydrogen) atoms. The molecule has 0 amide bonds. The smallest absolute Gasteiger partial charge is 0.142 e. The summed E-state index contributed by atoms with van der Waals surface area (Å²) in [6, 6.07) is 11.0. The Hall–Kier alpha value is -1.03. The van der Waals surface area contributed by atoms with Crippen LogP contribution in [0.2, 0.25) is 10.0 Å². The zero-order valence-electron chi connectivity index (χ0n) is 9.61. The maximum Gasteiger partial charge on any atom is 0.142 e. The molecule has 0 saturated carbocycles. The molecular weight excluding hydrogens is 289 g/mol. The monoisotopic (exact) mass is 299 g/mol. The minimum Gasteiger partial charge on any atom is -0.495 e. The van der Waals surface area contributed by atoms with Gasteiger partial charge < -0.3 is 10.5 Å². The molecule has 0 saturated heterocycles. The first kappa shape index (κ1) is 13.4. The molecule has 0 aromatic heterocycles. The third-order valence-corrected chi connectivity index (χ3v) is 4.05. The molecule has 0 radical (unpaired) electrons. The van der Waals surface area contributed by atoms with Crippen molar-refractivity contribution >= 4 is 40.7 Å². The molecular formula is C13H11Cl2NOS. The Morgan fingerprint density at radius 3 is 2.61 bits per heavy atom. The molecule has 2 N–H and O–H groups in total. The van der Waals surface area contributed by atoms with E-state index in [0.29, 0.717) is 21.5 Å². The number of anilines is 1. The van der Waals surface area contributed by atoms with Gasteiger partial charge in [-0.1, -0.05) is 35.0 Å². The van der Waals surface area contributed by atoms with Crippen molar-refractivity contribution in [3.63, 3.8) is 0 Å². The molecule has 5 heteroatoms. The van der Waals surface area contributed by atoms with Gasteiger partial charge in [-0.25, -0.2) is 0 Å². The molecule has 94 valence electrons. The normalized spacial score (nSPS) is 10.4. The third kappa shape index (κ3) is 3.05. The lowest BCUT2D eigenvalue weighted by Crippen LogP contribution is -1.91. The lowest BCUT2D eigenvalue weighted by atomic mass is 10.3. The standard InChI is InChI=1S/C13H11Cl2NOS/c1-17-12-7-9(3-5-11(12)16)18-13-6-8(14)2-4-10(13)15/h2-7H,16H2,1H3. The molecule has 0 atom stereocenters. The molecule has 0 bridgehead atoms. The molecule has 0 spiro atoms. The van der Waals surface area contributed by atoms with Crippen molar-refractivity contribution in [2.75, 3.05) is 12.8 Å². The van der Waals surface area contributed by atoms with Crippen LogP contribution in [-0.2, 0) is 0 Å². The first-order valence-corrected chi connectivity index (χ1v) is 6.74. The van der Waals surface area contributed by atoms with Gasteiger partial charge in [0.15, 0.2) is 0 Å². The van der Waals surface area contributed by atoms with Crippen LogP contribution in [0, 0.1) is 0 Å². The van der Waals surface area contributed by atoms with E-state index in [1.807, 2.05) is 18.2 Å². The van der Waals surface area contributed by atoms with E-state index in [-0.39, 0.29) is 0 Å². The zero-order chi connectivity index (χ0) is 13.1. The highest BCUT2D eigenvalue weighted by Crippen LogP contribution is 2.37. The summed E-state index contributed by atoms with van der Waals surface area (Å²) in [5.41, 5.74) is 6.38. The predicted molar refractivity (Wildman–Crippen MR) is 78.0 cm³/mol. The number of halogens is 2. The van der Waals surface area contributed by atoms with E-state index >= 15 is 0 Å². The number of hydrogen-bond acceptors (Lipinski definition) is 3. The van der Waals surface area contributed by atoms with Crippen molar-refractivity contribution in [1.29, 1.82) is 0 Å². The van der Waals surface area contributed by atoms with Gasteiger partial charge in [0.05, 0.1) is 17.8 Å². The maximum absolute atomic E-state index is 6.12. The van der Waals surface area contributed by atoms with Crippen LogP contribution in [0.15, 0.2) is 46.2 Å². The quantitative estimate of drug-likeness (QED) is 0.832. The van der Waals surface area contributed by atoms with Gasteiger partial charge in [0.1, 0.15) is 5.75 Å². The molecule has 2 aromatic carbocycles. The summed E-state index contributed by atoms with van der Waals surface area (Å²) in [5, 5.41) is 1.32. The van der Waals surface area contributed by atoms with E-state index in [1.165, 1.54) is 11.8 Å². The summed E-state index contributed by atoms with van der Waals surface area (Å²) in [6.45, 7) is 0. The number of hydrogen-bond donors (Lipinski definition) is 1. The van der Waals surface area contributed by atoms with E-state index in [9.17, 15) is 0 Å². The van der Waals surface area contributed by atoms with E-state index in [1.54, 1.807) is 25.3 Å². The van der Waals surface area contributed by atoms with Gasteiger partial charge in [0.25, 0.3) is 0 Å². The molecule has 0 aliphatic rings. The molecule has 2 aromatic rings. The van der Waals surface area contributed by atoms with Crippen LogP contribution in [0.4, 0.5) is 5.69 Å². The summed E-state index contributed by atoms with van der Waals surface area (Å²) >= 11 is 13.6. The number of methoxy groups -OCH3 is 1. The number of nitrogen functional groups attached to an aromatic ring is 1. The predicted octanol–water partition coefficient (Wildman–Crippen LogP) is 4.74. The SMILES string of the molecule is COc1cc(Sc2cc(Cl)ccc2Cl)ccc1N. The fourth-order valence-electron chi connectivity index (χ4n) is 1.44. The van der Waals surface area contributed by atoms with Crippen LogP contribution in [-0.4, -0.2) is 7.11 Å². The molecule has 0 unspecified atom stereocenters. The fourth-order valence-corrected chi connectivity index (χ4v) is 2.81. The second-order valence-corrected chi connectivity index (χ2v) is 5.54. The van der Waals surface area contributed by atoms with Crippen LogP contribution < -0.4 is 10.5 Å². The number of ether oxygens (including phenoxy) is 1. The van der Waals surface area contributed by atoms with Gasteiger partial charge in [-0.3, -0.25) is 0 Å². The number of rotatable bonds is 3. The van der Waals surface area contributed by atoms with Gasteiger partial charge >= 0.3 is 0 Å². The lowest BCUT2D eigenvalue weighted by Gasteiger charge is -2.08. The summed E-state index contributed by atoms with van der Waals surface area (Å²) in [7, 11) is 1.59. The second-order valence-electron chi connectivity index (χ2n) is 3.58. The Balaban J connectivity index is 2.31. The highest BCUT2D eigenvalue weighted by molar-refractivity contribution is 7.99. The fraction of sp³-hybridized carbons (Fsp3) is 0.0769. The highest BCUT2D eigenvalue weighted by Gasteiger charge is 2.06. The van der Waals surface area contributed by atoms with Crippen LogP contribution in [0.1, 0.15) is 0 Å². The van der Waals surface area contributed by atoms with Crippen molar-refractivity contribution in [3.05, 3.63) is 46.4 Å². The average molecular weight is 300 g/mol. The summed E-state index contributed by atoms with van der Waals surface area (Å²) in [4.78, 5) is 1.89. The van der Waals surface area contributed by atoms with Gasteiger partial charge in [-0.05, 0) is 36.4 Å². The topological polar surface area (TPSA) is 35.2 Å². The second kappa shape index (κ2) is 5.74. The van der Waals surface area contributed by atoms with Crippen molar-refractivity contribution in [3.8, 4) is 5.75 Å². The van der Waals surface area contributed by atoms with Crippen LogP contribution in [0.5, 0.6) is 5.75 Å². The van der Waals surface area contributed by atoms with E-state index < -0.39 is 0 Å². The van der Waals surface area contributed by atoms with E-state index in [2.05, 4.69) is 0 Å². The minimum absolute atomic E-state index is 0.610. The molecule has 2 rings (SSSR count). The van der Waals surface area contributed by atoms with Crippen molar-refractivity contribution in [1.82, 2.24) is 0 Å². The van der Waals surface area contributed by atoms with E-state index in [4.69, 9.17) is 33.7 Å². The third-order valence-electron chi connectivity index (χ3n) is 2.33. The Kier molecular flexibility index (Phi) is 4.27. The molecule has 0 aliphatic carbocycles. The van der Waals surface area contributed by atoms with Crippen LogP contribution in [0.3, 0.4) is 0 Å². The largest absolute Gasteiger partial charge is 0.495 e. The van der Waals surface area contributed by atoms with Gasteiger partial charge in [-0.15, -0.1) is 0 Å². The average Bonchev–Trinajstić information content (AvgIpc) is 2.36. The minimum atomic E-state index is 0.610. The molecule has 0 heterocycles. The van der Waals surface area contributed by atoms with Crippen molar-refractivity contribution < 1.29 is 4.74 Å². The molecule has 0 aliphatic heterocycles.